The van der Waals surface area contributed by atoms with E-state index < -0.39 is 23.7 Å². The van der Waals surface area contributed by atoms with Crippen molar-refractivity contribution >= 4 is 5.97 Å². The molecule has 0 aliphatic heterocycles. The lowest BCUT2D eigenvalue weighted by atomic mass is 10.1. The fourth-order valence-corrected chi connectivity index (χ4v) is 2.03. The Balaban J connectivity index is 2.05. The third-order valence-corrected chi connectivity index (χ3v) is 3.14. The van der Waals surface area contributed by atoms with E-state index in [0.717, 1.165) is 18.2 Å². The zero-order chi connectivity index (χ0) is 16.8. The van der Waals surface area contributed by atoms with Crippen LogP contribution in [-0.2, 0) is 16.1 Å². The molecule has 2 rings (SSSR count). The van der Waals surface area contributed by atoms with Gasteiger partial charge < -0.3 is 14.6 Å². The van der Waals surface area contributed by atoms with E-state index >= 15 is 0 Å². The van der Waals surface area contributed by atoms with E-state index in [1.807, 2.05) is 0 Å². The van der Waals surface area contributed by atoms with Crippen molar-refractivity contribution in [2.75, 3.05) is 6.61 Å². The molecule has 1 unspecified atom stereocenters. The Bertz CT molecular complexity index is 671. The maximum Gasteiger partial charge on any atom is 0.337 e. The van der Waals surface area contributed by atoms with Gasteiger partial charge in [-0.25, -0.2) is 13.6 Å². The maximum absolute atomic E-state index is 13.5. The molecule has 2 aromatic carbocycles. The van der Waals surface area contributed by atoms with Crippen LogP contribution < -0.4 is 4.74 Å². The lowest BCUT2D eigenvalue weighted by molar-refractivity contribution is -0.150. The van der Waals surface area contributed by atoms with Crippen LogP contribution in [0.4, 0.5) is 8.78 Å². The average Bonchev–Trinajstić information content (AvgIpc) is 2.54. The lowest BCUT2D eigenvalue weighted by Crippen LogP contribution is -2.15. The highest BCUT2D eigenvalue weighted by molar-refractivity contribution is 5.74. The minimum atomic E-state index is -1.08. The van der Waals surface area contributed by atoms with Crippen LogP contribution in [0.15, 0.2) is 42.5 Å². The normalized spacial score (nSPS) is 12.0. The predicted octanol–water partition coefficient (Wildman–Crippen LogP) is 3.71. The van der Waals surface area contributed by atoms with Crippen LogP contribution >= 0.6 is 0 Å². The van der Waals surface area contributed by atoms with E-state index in [1.54, 1.807) is 31.2 Å². The number of rotatable bonds is 7. The second kappa shape index (κ2) is 7.69. The van der Waals surface area contributed by atoms with Crippen molar-refractivity contribution in [1.29, 1.82) is 0 Å². The molecule has 1 N–H and O–H groups in total. The Labute approximate surface area is 132 Å². The summed E-state index contributed by atoms with van der Waals surface area (Å²) in [6.45, 7) is 1.85. The first kappa shape index (κ1) is 16.9. The fourth-order valence-electron chi connectivity index (χ4n) is 2.03. The summed E-state index contributed by atoms with van der Waals surface area (Å²) < 4.78 is 37.1. The molecule has 4 nitrogen and oxygen atoms in total. The van der Waals surface area contributed by atoms with Crippen LogP contribution in [-0.4, -0.2) is 17.7 Å². The lowest BCUT2D eigenvalue weighted by Gasteiger charge is -2.13. The molecule has 0 saturated heterocycles. The molecule has 23 heavy (non-hydrogen) atoms. The largest absolute Gasteiger partial charge is 0.489 e. The molecule has 0 heterocycles. The molecule has 0 fully saturated rings. The molecule has 0 saturated carbocycles. The summed E-state index contributed by atoms with van der Waals surface area (Å²) in [4.78, 5) is 11.1. The first-order chi connectivity index (χ1) is 11.0. The number of benzene rings is 2. The third-order valence-electron chi connectivity index (χ3n) is 3.14. The first-order valence-corrected chi connectivity index (χ1v) is 7.02. The molecule has 0 aromatic heterocycles. The van der Waals surface area contributed by atoms with Crippen LogP contribution in [0.3, 0.4) is 0 Å². The van der Waals surface area contributed by atoms with Gasteiger partial charge in [0.2, 0.25) is 0 Å². The summed E-state index contributed by atoms with van der Waals surface area (Å²) in [6.07, 6.45) is -1.05. The van der Waals surface area contributed by atoms with Crippen LogP contribution in [0.25, 0.3) is 0 Å². The Morgan fingerprint density at radius 1 is 1.17 bits per heavy atom. The highest BCUT2D eigenvalue weighted by Crippen LogP contribution is 2.22. The molecule has 122 valence electrons. The summed E-state index contributed by atoms with van der Waals surface area (Å²) >= 11 is 0. The summed E-state index contributed by atoms with van der Waals surface area (Å²) in [5.74, 6) is -1.76. The van der Waals surface area contributed by atoms with Crippen molar-refractivity contribution in [2.24, 2.45) is 0 Å². The summed E-state index contributed by atoms with van der Waals surface area (Å²) in [6, 6.07) is 9.38. The van der Waals surface area contributed by atoms with E-state index in [4.69, 9.17) is 14.6 Å². The standard InChI is InChI=1S/C17H16F2O4/c1-2-22-16(17(20)21)11-3-6-14(7-4-11)23-10-12-9-13(18)5-8-15(12)19/h3-9,16H,2,10H2,1H3,(H,20,21). The minimum Gasteiger partial charge on any atom is -0.489 e. The number of carboxylic acid groups (broad SMARTS) is 1. The molecular weight excluding hydrogens is 306 g/mol. The fraction of sp³-hybridized carbons (Fsp3) is 0.235. The van der Waals surface area contributed by atoms with Gasteiger partial charge in [0, 0.05) is 12.2 Å². The van der Waals surface area contributed by atoms with E-state index in [0.29, 0.717) is 11.3 Å². The number of halogens is 2. The van der Waals surface area contributed by atoms with Gasteiger partial charge in [-0.1, -0.05) is 12.1 Å². The number of carbonyl (C=O) groups is 1. The zero-order valence-corrected chi connectivity index (χ0v) is 12.5. The number of ether oxygens (including phenoxy) is 2. The van der Waals surface area contributed by atoms with Crippen molar-refractivity contribution in [3.63, 3.8) is 0 Å². The predicted molar refractivity (Wildman–Crippen MR) is 79.1 cm³/mol. The SMILES string of the molecule is CCOC(C(=O)O)c1ccc(OCc2cc(F)ccc2F)cc1. The first-order valence-electron chi connectivity index (χ1n) is 7.02. The van der Waals surface area contributed by atoms with Gasteiger partial charge in [-0.05, 0) is 42.8 Å². The van der Waals surface area contributed by atoms with E-state index in [-0.39, 0.29) is 18.8 Å². The van der Waals surface area contributed by atoms with Gasteiger partial charge in [0.15, 0.2) is 6.10 Å². The number of hydrogen-bond acceptors (Lipinski definition) is 3. The summed E-state index contributed by atoms with van der Waals surface area (Å²) in [7, 11) is 0. The van der Waals surface area contributed by atoms with Gasteiger partial charge in [0.1, 0.15) is 24.0 Å². The van der Waals surface area contributed by atoms with Crippen molar-refractivity contribution in [3.05, 3.63) is 65.2 Å². The Morgan fingerprint density at radius 3 is 2.48 bits per heavy atom. The van der Waals surface area contributed by atoms with Gasteiger partial charge in [-0.2, -0.15) is 0 Å². The van der Waals surface area contributed by atoms with E-state index in [2.05, 4.69) is 0 Å². The number of hydrogen-bond donors (Lipinski definition) is 1. The molecule has 0 aliphatic rings. The minimum absolute atomic E-state index is 0.104. The second-order valence-electron chi connectivity index (χ2n) is 4.77. The Kier molecular flexibility index (Phi) is 5.65. The van der Waals surface area contributed by atoms with Gasteiger partial charge >= 0.3 is 5.97 Å². The van der Waals surface area contributed by atoms with Crippen LogP contribution in [0, 0.1) is 11.6 Å². The second-order valence-corrected chi connectivity index (χ2v) is 4.77. The Morgan fingerprint density at radius 2 is 1.87 bits per heavy atom. The molecule has 6 heteroatoms. The van der Waals surface area contributed by atoms with E-state index in [9.17, 15) is 13.6 Å². The quantitative estimate of drug-likeness (QED) is 0.844. The molecule has 0 amide bonds. The Hall–Kier alpha value is -2.47. The average molecular weight is 322 g/mol. The molecule has 1 atom stereocenters. The smallest absolute Gasteiger partial charge is 0.337 e. The van der Waals surface area contributed by atoms with Crippen LogP contribution in [0.5, 0.6) is 5.75 Å². The molecular formula is C17H16F2O4. The molecule has 0 aliphatic carbocycles. The van der Waals surface area contributed by atoms with Crippen molar-refractivity contribution in [1.82, 2.24) is 0 Å². The number of aliphatic carboxylic acids is 1. The highest BCUT2D eigenvalue weighted by atomic mass is 19.1. The topological polar surface area (TPSA) is 55.8 Å². The summed E-state index contributed by atoms with van der Waals surface area (Å²) in [5, 5.41) is 9.10. The highest BCUT2D eigenvalue weighted by Gasteiger charge is 2.19. The van der Waals surface area contributed by atoms with Gasteiger partial charge in [0.05, 0.1) is 0 Å². The third kappa shape index (κ3) is 4.50. The van der Waals surface area contributed by atoms with Crippen molar-refractivity contribution in [3.8, 4) is 5.75 Å². The van der Waals surface area contributed by atoms with Crippen molar-refractivity contribution in [2.45, 2.75) is 19.6 Å². The van der Waals surface area contributed by atoms with Gasteiger partial charge in [0.25, 0.3) is 0 Å². The van der Waals surface area contributed by atoms with Crippen molar-refractivity contribution < 1.29 is 28.2 Å². The molecule has 2 aromatic rings. The molecule has 0 spiro atoms. The zero-order valence-electron chi connectivity index (χ0n) is 12.5. The molecule has 0 bridgehead atoms. The summed E-state index contributed by atoms with van der Waals surface area (Å²) in [5.41, 5.74) is 0.579. The van der Waals surface area contributed by atoms with Crippen LogP contribution in [0.2, 0.25) is 0 Å². The number of carboxylic acids is 1. The van der Waals surface area contributed by atoms with Crippen LogP contribution in [0.1, 0.15) is 24.2 Å². The van der Waals surface area contributed by atoms with Gasteiger partial charge in [-0.3, -0.25) is 0 Å². The van der Waals surface area contributed by atoms with E-state index in [1.165, 1.54) is 0 Å². The van der Waals surface area contributed by atoms with Gasteiger partial charge in [-0.15, -0.1) is 0 Å². The molecule has 0 radical (unpaired) electrons. The monoisotopic (exact) mass is 322 g/mol. The maximum atomic E-state index is 13.5.